The van der Waals surface area contributed by atoms with Gasteiger partial charge in [0, 0.05) is 103 Å². The van der Waals surface area contributed by atoms with E-state index in [0.29, 0.717) is 99.8 Å². The Morgan fingerprint density at radius 1 is 0.843 bits per heavy atom. The third-order valence-electron chi connectivity index (χ3n) is 9.22. The van der Waals surface area contributed by atoms with E-state index >= 15 is 0 Å². The predicted octanol–water partition coefficient (Wildman–Crippen LogP) is 4.54. The van der Waals surface area contributed by atoms with Crippen molar-refractivity contribution in [1.82, 2.24) is 40.6 Å². The smallest absolute Gasteiger partial charge is 0.262 e. The molecule has 2 atom stereocenters. The van der Waals surface area contributed by atoms with E-state index in [1.165, 1.54) is 4.40 Å². The molecule has 262 valence electrons. The molecule has 2 aliphatic heterocycles. The second-order valence-corrected chi connectivity index (χ2v) is 13.4. The Balaban J connectivity index is 1.10. The van der Waals surface area contributed by atoms with Crippen LogP contribution < -0.4 is 31.6 Å². The van der Waals surface area contributed by atoms with Crippen molar-refractivity contribution in [3.05, 3.63) is 98.6 Å². The molecule has 0 saturated carbocycles. The summed E-state index contributed by atoms with van der Waals surface area (Å²) < 4.78 is 7.13. The van der Waals surface area contributed by atoms with Crippen LogP contribution in [-0.4, -0.2) is 63.4 Å². The Kier molecular flexibility index (Phi) is 10.3. The Labute approximate surface area is 304 Å². The second kappa shape index (κ2) is 15.2. The first-order valence-electron chi connectivity index (χ1n) is 16.8. The Morgan fingerprint density at radius 2 is 1.53 bits per heavy atom. The number of aromatic nitrogens is 4. The van der Waals surface area contributed by atoms with Crippen molar-refractivity contribution in [2.75, 3.05) is 20.2 Å². The van der Waals surface area contributed by atoms with Crippen molar-refractivity contribution >= 4 is 40.7 Å². The van der Waals surface area contributed by atoms with Gasteiger partial charge >= 0.3 is 0 Å². The second-order valence-electron chi connectivity index (χ2n) is 12.7. The molecule has 12 nitrogen and oxygen atoms in total. The Hall–Kier alpha value is -4.88. The van der Waals surface area contributed by atoms with Gasteiger partial charge in [-0.15, -0.1) is 0 Å². The van der Waals surface area contributed by atoms with Gasteiger partial charge in [0.25, 0.3) is 5.56 Å². The molecule has 2 aliphatic rings. The average molecular weight is 728 g/mol. The van der Waals surface area contributed by atoms with Gasteiger partial charge in [-0.05, 0) is 37.1 Å². The molecule has 4 N–H and O–H groups in total. The minimum atomic E-state index is -0.181. The number of methoxy groups -OCH3 is 1. The highest BCUT2D eigenvalue weighted by Crippen LogP contribution is 2.41. The minimum absolute atomic E-state index is 0.0556. The van der Waals surface area contributed by atoms with Crippen LogP contribution in [0.5, 0.6) is 5.88 Å². The summed E-state index contributed by atoms with van der Waals surface area (Å²) in [5.41, 5.74) is 5.63. The fraction of sp³-hybridized carbons (Fsp3) is 0.297. The lowest BCUT2D eigenvalue weighted by atomic mass is 9.99. The molecule has 5 aromatic rings. The van der Waals surface area contributed by atoms with Gasteiger partial charge < -0.3 is 26.0 Å². The summed E-state index contributed by atoms with van der Waals surface area (Å²) in [6.07, 6.45) is 7.61. The summed E-state index contributed by atoms with van der Waals surface area (Å²) in [6, 6.07) is 15.1. The molecule has 51 heavy (non-hydrogen) atoms. The zero-order valence-electron chi connectivity index (χ0n) is 27.8. The maximum atomic E-state index is 13.2. The van der Waals surface area contributed by atoms with Gasteiger partial charge in [-0.25, -0.2) is 9.97 Å². The molecular formula is C37H36Cl2N8O4. The van der Waals surface area contributed by atoms with Gasteiger partial charge in [0.1, 0.15) is 5.65 Å². The van der Waals surface area contributed by atoms with Gasteiger partial charge in [0.2, 0.25) is 17.7 Å². The molecule has 2 amide bonds. The lowest BCUT2D eigenvalue weighted by Crippen LogP contribution is -2.36. The number of carbonyl (C=O) groups excluding carboxylic acids is 2. The van der Waals surface area contributed by atoms with Crippen molar-refractivity contribution in [3.8, 4) is 39.5 Å². The number of halogens is 2. The molecule has 1 aromatic carbocycles. The highest BCUT2D eigenvalue weighted by atomic mass is 35.5. The Bertz CT molecular complexity index is 2190. The third kappa shape index (κ3) is 7.45. The van der Waals surface area contributed by atoms with E-state index in [4.69, 9.17) is 32.9 Å². The van der Waals surface area contributed by atoms with E-state index in [1.807, 2.05) is 36.4 Å². The lowest BCUT2D eigenvalue weighted by molar-refractivity contribution is -0.120. The highest BCUT2D eigenvalue weighted by molar-refractivity contribution is 6.39. The number of carbonyl (C=O) groups is 2. The first kappa shape index (κ1) is 34.6. The largest absolute Gasteiger partial charge is 0.481 e. The van der Waals surface area contributed by atoms with Crippen LogP contribution >= 0.6 is 23.2 Å². The van der Waals surface area contributed by atoms with Crippen LogP contribution in [0.2, 0.25) is 10.0 Å². The Morgan fingerprint density at radius 3 is 2.22 bits per heavy atom. The van der Waals surface area contributed by atoms with E-state index in [2.05, 4.69) is 31.2 Å². The van der Waals surface area contributed by atoms with E-state index in [1.54, 1.807) is 37.8 Å². The van der Waals surface area contributed by atoms with Crippen LogP contribution in [-0.2, 0) is 22.7 Å². The zero-order valence-corrected chi connectivity index (χ0v) is 29.4. The fourth-order valence-electron chi connectivity index (χ4n) is 6.53. The molecule has 0 unspecified atom stereocenters. The van der Waals surface area contributed by atoms with Crippen LogP contribution in [0.15, 0.2) is 71.9 Å². The van der Waals surface area contributed by atoms with Crippen molar-refractivity contribution in [3.63, 3.8) is 0 Å². The molecule has 2 saturated heterocycles. The van der Waals surface area contributed by atoms with Gasteiger partial charge in [0.05, 0.1) is 28.5 Å². The molecule has 4 aromatic heterocycles. The molecule has 7 rings (SSSR count). The number of nitrogens with one attached hydrogen (secondary N) is 4. The molecule has 2 fully saturated rings. The quantitative estimate of drug-likeness (QED) is 0.145. The minimum Gasteiger partial charge on any atom is -0.481 e. The van der Waals surface area contributed by atoms with E-state index in [0.717, 1.165) is 18.4 Å². The molecule has 0 bridgehead atoms. The number of nitrogens with zero attached hydrogens (tertiary/aromatic N) is 4. The van der Waals surface area contributed by atoms with Crippen molar-refractivity contribution < 1.29 is 14.3 Å². The molecule has 6 heterocycles. The van der Waals surface area contributed by atoms with Crippen LogP contribution in [0, 0.1) is 0 Å². The fourth-order valence-corrected chi connectivity index (χ4v) is 7.17. The summed E-state index contributed by atoms with van der Waals surface area (Å²) in [7, 11) is 1.58. The molecule has 0 radical (unpaired) electrons. The van der Waals surface area contributed by atoms with Crippen molar-refractivity contribution in [2.45, 2.75) is 50.9 Å². The van der Waals surface area contributed by atoms with Crippen LogP contribution in [0.3, 0.4) is 0 Å². The monoisotopic (exact) mass is 726 g/mol. The van der Waals surface area contributed by atoms with E-state index in [-0.39, 0.29) is 29.5 Å². The standard InChI is InChI=1S/C37H36Cl2N8O4/c1-51-36-22(16-40-19-24-6-9-31(48)44-24)5-8-29(46-36)28-4-2-3-26(33(28)38)27-11-13-42-35(34(27)39)21-12-14-47-30(15-21)43-18-23(37(47)50)17-41-20-25-7-10-32(49)45-25/h2-5,8,11-15,18,24-25,40-41H,6-7,9-10,16-17,19-20H2,1H3,(H,44,48)(H,45,49)/t24-,25-/m1/s1. The number of fused-ring (bicyclic) bond motifs is 1. The average Bonchev–Trinajstić information content (AvgIpc) is 3.76. The number of amides is 2. The van der Waals surface area contributed by atoms with Gasteiger partial charge in [-0.3, -0.25) is 23.8 Å². The predicted molar refractivity (Wildman–Crippen MR) is 196 cm³/mol. The van der Waals surface area contributed by atoms with Crippen LogP contribution in [0.25, 0.3) is 39.3 Å². The zero-order chi connectivity index (χ0) is 35.5. The summed E-state index contributed by atoms with van der Waals surface area (Å²) in [6.45, 7) is 2.12. The summed E-state index contributed by atoms with van der Waals surface area (Å²) in [4.78, 5) is 50.1. The van der Waals surface area contributed by atoms with Crippen molar-refractivity contribution in [2.24, 2.45) is 0 Å². The topological polar surface area (TPSA) is 152 Å². The number of pyridine rings is 3. The SMILES string of the molecule is COc1nc(-c2cccc(-c3ccnc(-c4ccn5c(=O)c(CNC[C@H]6CCC(=O)N6)cnc5c4)c3Cl)c2Cl)ccc1CNC[C@H]1CCC(=O)N1. The van der Waals surface area contributed by atoms with Crippen LogP contribution in [0.4, 0.5) is 0 Å². The van der Waals surface area contributed by atoms with Gasteiger partial charge in [0.15, 0.2) is 0 Å². The summed E-state index contributed by atoms with van der Waals surface area (Å²) in [5.74, 6) is 0.623. The molecule has 14 heteroatoms. The maximum absolute atomic E-state index is 13.2. The molecular weight excluding hydrogens is 691 g/mol. The number of hydrogen-bond acceptors (Lipinski definition) is 9. The van der Waals surface area contributed by atoms with E-state index in [9.17, 15) is 14.4 Å². The summed E-state index contributed by atoms with van der Waals surface area (Å²) >= 11 is 14.1. The van der Waals surface area contributed by atoms with Crippen molar-refractivity contribution in [1.29, 1.82) is 0 Å². The molecule has 0 aliphatic carbocycles. The normalized spacial score (nSPS) is 17.2. The van der Waals surface area contributed by atoms with Gasteiger partial charge in [-0.1, -0.05) is 47.5 Å². The summed E-state index contributed by atoms with van der Waals surface area (Å²) in [5, 5.41) is 13.4. The lowest BCUT2D eigenvalue weighted by Gasteiger charge is -2.15. The van der Waals surface area contributed by atoms with Gasteiger partial charge in [-0.2, -0.15) is 0 Å². The highest BCUT2D eigenvalue weighted by Gasteiger charge is 2.22. The number of ether oxygens (including phenoxy) is 1. The number of benzene rings is 1. The molecule has 0 spiro atoms. The number of hydrogen-bond donors (Lipinski definition) is 4. The number of rotatable bonds is 12. The van der Waals surface area contributed by atoms with E-state index < -0.39 is 0 Å². The van der Waals surface area contributed by atoms with Crippen LogP contribution in [0.1, 0.15) is 36.8 Å². The first-order chi connectivity index (χ1) is 24.8. The maximum Gasteiger partial charge on any atom is 0.262 e. The third-order valence-corrected chi connectivity index (χ3v) is 10.0. The first-order valence-corrected chi connectivity index (χ1v) is 17.5.